The molecule has 2 aromatic heterocycles. The van der Waals surface area contributed by atoms with Crippen LogP contribution in [0.15, 0.2) is 5.16 Å². The lowest BCUT2D eigenvalue weighted by Crippen LogP contribution is -1.97. The summed E-state index contributed by atoms with van der Waals surface area (Å²) in [5.41, 5.74) is 0.817. The minimum atomic E-state index is 0.617. The topological polar surface area (TPSA) is 56.5 Å². The van der Waals surface area contributed by atoms with Gasteiger partial charge in [-0.15, -0.1) is 15.3 Å². The molecule has 2 heterocycles. The molecule has 5 nitrogen and oxygen atoms in total. The molecule has 0 unspecified atom stereocenters. The third-order valence-corrected chi connectivity index (χ3v) is 4.67. The number of nitrogens with zero attached hydrogens (tertiary/aromatic N) is 5. The molecule has 1 fully saturated rings. The van der Waals surface area contributed by atoms with Crippen molar-refractivity contribution < 1.29 is 0 Å². The van der Waals surface area contributed by atoms with Crippen LogP contribution in [-0.2, 0) is 12.8 Å². The Morgan fingerprint density at radius 3 is 2.88 bits per heavy atom. The zero-order valence-electron chi connectivity index (χ0n) is 9.13. The van der Waals surface area contributed by atoms with E-state index in [1.807, 2.05) is 7.05 Å². The van der Waals surface area contributed by atoms with Crippen molar-refractivity contribution in [3.05, 3.63) is 15.9 Å². The summed E-state index contributed by atoms with van der Waals surface area (Å²) in [7, 11) is 2.01. The molecule has 1 saturated carbocycles. The number of aromatic nitrogens is 5. The van der Waals surface area contributed by atoms with Gasteiger partial charge in [0.1, 0.15) is 15.9 Å². The Hall–Kier alpha value is -0.660. The Kier molecular flexibility index (Phi) is 3.06. The van der Waals surface area contributed by atoms with Crippen molar-refractivity contribution in [1.82, 2.24) is 24.4 Å². The molecule has 90 valence electrons. The first-order valence-electron chi connectivity index (χ1n) is 5.24. The lowest BCUT2D eigenvalue weighted by Gasteiger charge is -2.01. The van der Waals surface area contributed by atoms with Crippen LogP contribution >= 0.6 is 34.9 Å². The molecule has 0 aliphatic heterocycles. The Labute approximate surface area is 112 Å². The highest BCUT2D eigenvalue weighted by molar-refractivity contribution is 7.98. The molecule has 8 heteroatoms. The molecule has 0 aromatic carbocycles. The van der Waals surface area contributed by atoms with Crippen molar-refractivity contribution in [2.75, 3.05) is 0 Å². The van der Waals surface area contributed by atoms with Crippen LogP contribution in [0.3, 0.4) is 0 Å². The normalized spacial score (nSPS) is 15.4. The van der Waals surface area contributed by atoms with E-state index in [4.69, 9.17) is 11.6 Å². The molecule has 0 bridgehead atoms. The van der Waals surface area contributed by atoms with Gasteiger partial charge in [0.2, 0.25) is 0 Å². The smallest absolute Gasteiger partial charge is 0.191 e. The summed E-state index contributed by atoms with van der Waals surface area (Å²) in [6.07, 6.45) is 2.47. The zero-order chi connectivity index (χ0) is 11.8. The molecule has 0 atom stereocenters. The van der Waals surface area contributed by atoms with Gasteiger partial charge in [-0.25, -0.2) is 0 Å². The summed E-state index contributed by atoms with van der Waals surface area (Å²) in [4.78, 5) is 0. The summed E-state index contributed by atoms with van der Waals surface area (Å²) in [6, 6.07) is 0. The Balaban J connectivity index is 1.71. The molecule has 1 aliphatic carbocycles. The van der Waals surface area contributed by atoms with E-state index in [0.29, 0.717) is 16.0 Å². The number of rotatable bonds is 4. The van der Waals surface area contributed by atoms with Crippen molar-refractivity contribution in [2.24, 2.45) is 7.05 Å². The van der Waals surface area contributed by atoms with Gasteiger partial charge in [-0.3, -0.25) is 0 Å². The van der Waals surface area contributed by atoms with Crippen molar-refractivity contribution in [3.63, 3.8) is 0 Å². The van der Waals surface area contributed by atoms with Crippen molar-refractivity contribution >= 4 is 34.9 Å². The van der Waals surface area contributed by atoms with Crippen LogP contribution in [0, 0.1) is 0 Å². The minimum Gasteiger partial charge on any atom is -0.309 e. The molecule has 0 radical (unpaired) electrons. The average molecular weight is 288 g/mol. The highest BCUT2D eigenvalue weighted by Gasteiger charge is 2.29. The Morgan fingerprint density at radius 2 is 2.24 bits per heavy atom. The van der Waals surface area contributed by atoms with Crippen LogP contribution in [0.2, 0.25) is 4.34 Å². The molecule has 3 rings (SSSR count). The number of hydrogen-bond donors (Lipinski definition) is 0. The second-order valence-electron chi connectivity index (χ2n) is 3.96. The third-order valence-electron chi connectivity index (χ3n) is 2.66. The lowest BCUT2D eigenvalue weighted by molar-refractivity contribution is 0.736. The molecule has 1 aliphatic rings. The third kappa shape index (κ3) is 2.31. The molecule has 2 aromatic rings. The molecular formula is C9H10ClN5S2. The number of halogens is 1. The lowest BCUT2D eigenvalue weighted by atomic mass is 10.4. The number of thioether (sulfide) groups is 1. The summed E-state index contributed by atoms with van der Waals surface area (Å²) in [6.45, 7) is 0. The summed E-state index contributed by atoms with van der Waals surface area (Å²) < 4.78 is 6.52. The Bertz CT molecular complexity index is 533. The molecule has 0 spiro atoms. The van der Waals surface area contributed by atoms with Crippen LogP contribution in [0.5, 0.6) is 0 Å². The second-order valence-corrected chi connectivity index (χ2v) is 6.25. The number of hydrogen-bond acceptors (Lipinski definition) is 6. The zero-order valence-corrected chi connectivity index (χ0v) is 11.5. The van der Waals surface area contributed by atoms with E-state index < -0.39 is 0 Å². The van der Waals surface area contributed by atoms with Crippen molar-refractivity contribution in [1.29, 1.82) is 0 Å². The SMILES string of the molecule is Cn1c(SCc2nnsc2Cl)nnc1C1CC1. The van der Waals surface area contributed by atoms with E-state index in [1.54, 1.807) is 11.8 Å². The molecular weight excluding hydrogens is 278 g/mol. The maximum Gasteiger partial charge on any atom is 0.191 e. The average Bonchev–Trinajstić information content (AvgIpc) is 2.98. The quantitative estimate of drug-likeness (QED) is 0.809. The fraction of sp³-hybridized carbons (Fsp3) is 0.556. The first-order valence-corrected chi connectivity index (χ1v) is 7.38. The van der Waals surface area contributed by atoms with Crippen molar-refractivity contribution in [3.8, 4) is 0 Å². The highest BCUT2D eigenvalue weighted by Crippen LogP contribution is 2.39. The van der Waals surface area contributed by atoms with E-state index in [0.717, 1.165) is 16.7 Å². The van der Waals surface area contributed by atoms with Crippen LogP contribution in [0.1, 0.15) is 30.3 Å². The Morgan fingerprint density at radius 1 is 1.41 bits per heavy atom. The summed E-state index contributed by atoms with van der Waals surface area (Å²) in [5.74, 6) is 2.40. The maximum absolute atomic E-state index is 5.95. The summed E-state index contributed by atoms with van der Waals surface area (Å²) in [5, 5.41) is 13.3. The van der Waals surface area contributed by atoms with E-state index in [-0.39, 0.29) is 0 Å². The van der Waals surface area contributed by atoms with Crippen LogP contribution in [0.25, 0.3) is 0 Å². The summed E-state index contributed by atoms with van der Waals surface area (Å²) >= 11 is 8.75. The maximum atomic E-state index is 5.95. The van der Waals surface area contributed by atoms with Gasteiger partial charge >= 0.3 is 0 Å². The van der Waals surface area contributed by atoms with Crippen LogP contribution in [-0.4, -0.2) is 24.4 Å². The van der Waals surface area contributed by atoms with E-state index >= 15 is 0 Å². The van der Waals surface area contributed by atoms with Crippen LogP contribution < -0.4 is 0 Å². The van der Waals surface area contributed by atoms with E-state index in [2.05, 4.69) is 24.4 Å². The second kappa shape index (κ2) is 4.55. The molecule has 0 amide bonds. The minimum absolute atomic E-state index is 0.617. The van der Waals surface area contributed by atoms with Gasteiger partial charge in [0.15, 0.2) is 5.16 Å². The van der Waals surface area contributed by atoms with E-state index in [9.17, 15) is 0 Å². The van der Waals surface area contributed by atoms with Crippen molar-refractivity contribution in [2.45, 2.75) is 29.7 Å². The van der Waals surface area contributed by atoms with Gasteiger partial charge in [-0.05, 0) is 12.8 Å². The standard InChI is InChI=1S/C9H10ClN5S2/c1-15-8(5-2-3-5)12-13-9(15)16-4-6-7(10)17-14-11-6/h5H,2-4H2,1H3. The largest absolute Gasteiger partial charge is 0.309 e. The van der Waals surface area contributed by atoms with Gasteiger partial charge in [0, 0.05) is 30.3 Å². The van der Waals surface area contributed by atoms with Crippen LogP contribution in [0.4, 0.5) is 0 Å². The van der Waals surface area contributed by atoms with Gasteiger partial charge in [-0.1, -0.05) is 27.9 Å². The first kappa shape index (κ1) is 11.4. The van der Waals surface area contributed by atoms with Gasteiger partial charge in [-0.2, -0.15) is 0 Å². The molecule has 0 N–H and O–H groups in total. The molecule has 17 heavy (non-hydrogen) atoms. The monoisotopic (exact) mass is 287 g/mol. The van der Waals surface area contributed by atoms with E-state index in [1.165, 1.54) is 24.4 Å². The van der Waals surface area contributed by atoms with Gasteiger partial charge in [0.05, 0.1) is 0 Å². The van der Waals surface area contributed by atoms with Gasteiger partial charge in [0.25, 0.3) is 0 Å². The fourth-order valence-corrected chi connectivity index (χ4v) is 3.22. The molecule has 0 saturated heterocycles. The highest BCUT2D eigenvalue weighted by atomic mass is 35.5. The predicted octanol–water partition coefficient (Wildman–Crippen LogP) is 2.49. The van der Waals surface area contributed by atoms with Gasteiger partial charge < -0.3 is 4.57 Å². The first-order chi connectivity index (χ1) is 8.25. The predicted molar refractivity (Wildman–Crippen MR) is 67.5 cm³/mol. The fourth-order valence-electron chi connectivity index (χ4n) is 1.56.